The molecule has 0 spiro atoms. The van der Waals surface area contributed by atoms with Gasteiger partial charge in [-0.3, -0.25) is 0 Å². The third-order valence-electron chi connectivity index (χ3n) is 2.54. The molecule has 0 saturated heterocycles. The van der Waals surface area contributed by atoms with E-state index in [1.165, 1.54) is 11.3 Å². The highest BCUT2D eigenvalue weighted by atomic mass is 35.5. The zero-order valence-electron chi connectivity index (χ0n) is 9.31. The minimum Gasteiger partial charge on any atom is -0.364 e. The Labute approximate surface area is 102 Å². The lowest BCUT2D eigenvalue weighted by molar-refractivity contribution is 0.564. The highest BCUT2D eigenvalue weighted by molar-refractivity contribution is 5.85. The van der Waals surface area contributed by atoms with Gasteiger partial charge >= 0.3 is 0 Å². The second kappa shape index (κ2) is 6.36. The van der Waals surface area contributed by atoms with Crippen molar-refractivity contribution in [2.45, 2.75) is 19.5 Å². The highest BCUT2D eigenvalue weighted by Gasteiger charge is 2.04. The molecule has 0 fully saturated rings. The van der Waals surface area contributed by atoms with Gasteiger partial charge in [-0.05, 0) is 24.6 Å². The Bertz CT molecular complexity index is 384. The summed E-state index contributed by atoms with van der Waals surface area (Å²) in [6, 6.07) is 14.9. The molecule has 3 heteroatoms. The topological polar surface area (TPSA) is 27.8 Å². The fraction of sp³-hybridized carbons (Fsp3) is 0.231. The number of hydrogen-bond donors (Lipinski definition) is 2. The van der Waals surface area contributed by atoms with E-state index in [-0.39, 0.29) is 12.4 Å². The van der Waals surface area contributed by atoms with Crippen LogP contribution in [0.25, 0.3) is 0 Å². The van der Waals surface area contributed by atoms with E-state index in [1.54, 1.807) is 0 Å². The van der Waals surface area contributed by atoms with E-state index in [2.05, 4.69) is 47.6 Å². The van der Waals surface area contributed by atoms with Crippen LogP contribution in [0.5, 0.6) is 0 Å². The summed E-state index contributed by atoms with van der Waals surface area (Å²) in [4.78, 5) is 3.21. The number of aromatic amines is 1. The molecule has 1 aromatic carbocycles. The largest absolute Gasteiger partial charge is 0.364 e. The fourth-order valence-corrected chi connectivity index (χ4v) is 1.59. The quantitative estimate of drug-likeness (QED) is 0.838. The maximum atomic E-state index is 3.47. The molecular formula is C13H17ClN2. The van der Waals surface area contributed by atoms with Crippen LogP contribution in [0.4, 0.5) is 0 Å². The van der Waals surface area contributed by atoms with Crippen LogP contribution in [0.2, 0.25) is 0 Å². The van der Waals surface area contributed by atoms with Gasteiger partial charge in [0, 0.05) is 24.5 Å². The van der Waals surface area contributed by atoms with Crippen molar-refractivity contribution in [2.75, 3.05) is 0 Å². The number of rotatable bonds is 4. The predicted molar refractivity (Wildman–Crippen MR) is 69.7 cm³/mol. The van der Waals surface area contributed by atoms with E-state index in [0.717, 1.165) is 6.54 Å². The molecule has 2 N–H and O–H groups in total. The first-order valence-corrected chi connectivity index (χ1v) is 5.27. The zero-order valence-corrected chi connectivity index (χ0v) is 10.1. The molecule has 86 valence electrons. The molecule has 2 rings (SSSR count). The lowest BCUT2D eigenvalue weighted by Crippen LogP contribution is -2.18. The molecule has 0 bridgehead atoms. The van der Waals surface area contributed by atoms with Gasteiger partial charge in [0.05, 0.1) is 0 Å². The van der Waals surface area contributed by atoms with Crippen LogP contribution in [0.3, 0.4) is 0 Å². The van der Waals surface area contributed by atoms with Gasteiger partial charge in [-0.15, -0.1) is 12.4 Å². The predicted octanol–water partition coefficient (Wildman–Crippen LogP) is 3.29. The Hall–Kier alpha value is -1.25. The minimum atomic E-state index is 0. The Balaban J connectivity index is 0.00000128. The number of nitrogens with one attached hydrogen (secondary N) is 2. The normalized spacial score (nSPS) is 11.8. The zero-order chi connectivity index (χ0) is 10.5. The van der Waals surface area contributed by atoms with Crippen molar-refractivity contribution in [2.24, 2.45) is 0 Å². The van der Waals surface area contributed by atoms with Crippen molar-refractivity contribution in [1.82, 2.24) is 10.3 Å². The van der Waals surface area contributed by atoms with E-state index < -0.39 is 0 Å². The molecule has 1 atom stereocenters. The smallest absolute Gasteiger partial charge is 0.0446 e. The van der Waals surface area contributed by atoms with E-state index in [9.17, 15) is 0 Å². The Morgan fingerprint density at radius 2 is 1.88 bits per heavy atom. The van der Waals surface area contributed by atoms with Gasteiger partial charge in [-0.1, -0.05) is 30.3 Å². The molecule has 16 heavy (non-hydrogen) atoms. The molecule has 2 nitrogen and oxygen atoms in total. The van der Waals surface area contributed by atoms with Crippen LogP contribution >= 0.6 is 12.4 Å². The number of H-pyrrole nitrogens is 1. The van der Waals surface area contributed by atoms with Crippen molar-refractivity contribution in [3.05, 3.63) is 59.9 Å². The second-order valence-corrected chi connectivity index (χ2v) is 3.71. The molecule has 0 aliphatic rings. The lowest BCUT2D eigenvalue weighted by atomic mass is 10.2. The number of halogens is 1. The van der Waals surface area contributed by atoms with Crippen molar-refractivity contribution in [3.63, 3.8) is 0 Å². The van der Waals surface area contributed by atoms with Gasteiger partial charge in [0.15, 0.2) is 0 Å². The Kier molecular flexibility index (Phi) is 5.09. The molecule has 0 aliphatic heterocycles. The lowest BCUT2D eigenvalue weighted by Gasteiger charge is -2.12. The van der Waals surface area contributed by atoms with Crippen molar-refractivity contribution in [3.8, 4) is 0 Å². The van der Waals surface area contributed by atoms with Gasteiger partial charge in [0.25, 0.3) is 0 Å². The maximum absolute atomic E-state index is 3.47. The molecule has 0 aliphatic carbocycles. The molecule has 1 heterocycles. The summed E-state index contributed by atoms with van der Waals surface area (Å²) in [5, 5.41) is 3.47. The first kappa shape index (κ1) is 12.8. The van der Waals surface area contributed by atoms with Crippen LogP contribution in [0.15, 0.2) is 48.7 Å². The van der Waals surface area contributed by atoms with Crippen molar-refractivity contribution < 1.29 is 0 Å². The third kappa shape index (κ3) is 3.40. The van der Waals surface area contributed by atoms with Crippen LogP contribution in [0, 0.1) is 0 Å². The summed E-state index contributed by atoms with van der Waals surface area (Å²) >= 11 is 0. The first-order valence-electron chi connectivity index (χ1n) is 5.27. The van der Waals surface area contributed by atoms with Gasteiger partial charge in [0.1, 0.15) is 0 Å². The standard InChI is InChI=1S/C13H16N2.ClH/c1-11(13-8-5-9-14-13)15-10-12-6-3-2-4-7-12;/h2-9,11,14-15H,10H2,1H3;1H. The molecule has 2 aromatic rings. The summed E-state index contributed by atoms with van der Waals surface area (Å²) < 4.78 is 0. The first-order chi connectivity index (χ1) is 7.36. The van der Waals surface area contributed by atoms with Crippen LogP contribution in [-0.4, -0.2) is 4.98 Å². The number of aromatic nitrogens is 1. The maximum Gasteiger partial charge on any atom is 0.0446 e. The molecule has 0 radical (unpaired) electrons. The van der Waals surface area contributed by atoms with E-state index in [0.29, 0.717) is 6.04 Å². The number of benzene rings is 1. The molecule has 1 unspecified atom stereocenters. The second-order valence-electron chi connectivity index (χ2n) is 3.71. The molecule has 1 aromatic heterocycles. The van der Waals surface area contributed by atoms with Gasteiger partial charge in [-0.2, -0.15) is 0 Å². The van der Waals surface area contributed by atoms with Crippen molar-refractivity contribution in [1.29, 1.82) is 0 Å². The summed E-state index contributed by atoms with van der Waals surface area (Å²) in [6.45, 7) is 3.07. The molecule has 0 amide bonds. The Morgan fingerprint density at radius 3 is 2.50 bits per heavy atom. The number of hydrogen-bond acceptors (Lipinski definition) is 1. The average molecular weight is 237 g/mol. The van der Waals surface area contributed by atoms with Crippen LogP contribution in [0.1, 0.15) is 24.2 Å². The summed E-state index contributed by atoms with van der Waals surface area (Å²) in [5.41, 5.74) is 2.54. The van der Waals surface area contributed by atoms with Crippen LogP contribution < -0.4 is 5.32 Å². The SMILES string of the molecule is CC(NCc1ccccc1)c1ccc[nH]1.Cl. The van der Waals surface area contributed by atoms with Crippen LogP contribution in [-0.2, 0) is 6.54 Å². The summed E-state index contributed by atoms with van der Waals surface area (Å²) in [6.07, 6.45) is 1.95. The fourth-order valence-electron chi connectivity index (χ4n) is 1.59. The van der Waals surface area contributed by atoms with E-state index in [1.807, 2.05) is 18.3 Å². The molecular weight excluding hydrogens is 220 g/mol. The Morgan fingerprint density at radius 1 is 1.12 bits per heavy atom. The van der Waals surface area contributed by atoms with Crippen molar-refractivity contribution >= 4 is 12.4 Å². The van der Waals surface area contributed by atoms with E-state index in [4.69, 9.17) is 0 Å². The minimum absolute atomic E-state index is 0. The van der Waals surface area contributed by atoms with Gasteiger partial charge in [-0.25, -0.2) is 0 Å². The third-order valence-corrected chi connectivity index (χ3v) is 2.54. The molecule has 0 saturated carbocycles. The van der Waals surface area contributed by atoms with E-state index >= 15 is 0 Å². The van der Waals surface area contributed by atoms with Gasteiger partial charge in [0.2, 0.25) is 0 Å². The monoisotopic (exact) mass is 236 g/mol. The summed E-state index contributed by atoms with van der Waals surface area (Å²) in [7, 11) is 0. The van der Waals surface area contributed by atoms with Gasteiger partial charge < -0.3 is 10.3 Å². The summed E-state index contributed by atoms with van der Waals surface area (Å²) in [5.74, 6) is 0. The average Bonchev–Trinajstić information content (AvgIpc) is 2.81. The highest BCUT2D eigenvalue weighted by Crippen LogP contribution is 2.09.